The zero-order valence-electron chi connectivity index (χ0n) is 19.0. The van der Waals surface area contributed by atoms with E-state index < -0.39 is 0 Å². The molecule has 4 heteroatoms. The number of carbonyl (C=O) groups is 1. The van der Waals surface area contributed by atoms with E-state index in [2.05, 4.69) is 25.1 Å². The average Bonchev–Trinajstić information content (AvgIpc) is 3.24. The molecule has 0 unspecified atom stereocenters. The molecule has 5 rings (SSSR count). The van der Waals surface area contributed by atoms with Gasteiger partial charge in [0.1, 0.15) is 0 Å². The van der Waals surface area contributed by atoms with Gasteiger partial charge < -0.3 is 9.47 Å². The van der Waals surface area contributed by atoms with Crippen molar-refractivity contribution < 1.29 is 4.79 Å². The molecule has 2 aromatic heterocycles. The minimum Gasteiger partial charge on any atom is -0.320 e. The van der Waals surface area contributed by atoms with Gasteiger partial charge in [-0.1, -0.05) is 48.0 Å². The topological polar surface area (TPSA) is 38.1 Å². The van der Waals surface area contributed by atoms with Gasteiger partial charge in [-0.05, 0) is 62.4 Å². The van der Waals surface area contributed by atoms with Crippen molar-refractivity contribution in [2.75, 3.05) is 11.9 Å². The summed E-state index contributed by atoms with van der Waals surface area (Å²) in [6.07, 6.45) is 1.95. The molecule has 162 valence electrons. The van der Waals surface area contributed by atoms with Gasteiger partial charge >= 0.3 is 0 Å². The molecule has 3 aromatic carbocycles. The second kappa shape index (κ2) is 8.40. The molecule has 0 fully saturated rings. The molecule has 0 aliphatic carbocycles. The third kappa shape index (κ3) is 3.92. The number of para-hydroxylation sites is 1. The highest BCUT2D eigenvalue weighted by Crippen LogP contribution is 2.27. The molecule has 2 heterocycles. The lowest BCUT2D eigenvalue weighted by atomic mass is 10.1. The largest absolute Gasteiger partial charge is 0.320 e. The number of pyridine rings is 1. The van der Waals surface area contributed by atoms with Crippen molar-refractivity contribution in [3.63, 3.8) is 0 Å². The van der Waals surface area contributed by atoms with E-state index in [1.165, 1.54) is 5.56 Å². The first-order chi connectivity index (χ1) is 16.0. The van der Waals surface area contributed by atoms with Crippen LogP contribution >= 0.6 is 0 Å². The van der Waals surface area contributed by atoms with Gasteiger partial charge in [-0.2, -0.15) is 0 Å². The van der Waals surface area contributed by atoms with E-state index in [0.29, 0.717) is 5.56 Å². The van der Waals surface area contributed by atoms with Gasteiger partial charge in [0.15, 0.2) is 0 Å². The third-order valence-corrected chi connectivity index (χ3v) is 6.08. The van der Waals surface area contributed by atoms with Gasteiger partial charge in [0, 0.05) is 41.3 Å². The zero-order chi connectivity index (χ0) is 22.9. The number of hydrogen-bond acceptors (Lipinski definition) is 2. The summed E-state index contributed by atoms with van der Waals surface area (Å²) < 4.78 is 2.04. The lowest BCUT2D eigenvalue weighted by Crippen LogP contribution is -2.26. The number of fused-ring (bicyclic) bond motifs is 1. The second-order valence-electron chi connectivity index (χ2n) is 8.33. The van der Waals surface area contributed by atoms with Gasteiger partial charge in [-0.15, -0.1) is 0 Å². The predicted molar refractivity (Wildman–Crippen MR) is 135 cm³/mol. The molecular formula is C29H25N3O. The molecule has 0 saturated heterocycles. The normalized spacial score (nSPS) is 11.0. The summed E-state index contributed by atoms with van der Waals surface area (Å²) in [5.74, 6) is -0.0405. The molecule has 0 bridgehead atoms. The van der Waals surface area contributed by atoms with E-state index >= 15 is 0 Å². The Bertz CT molecular complexity index is 1470. The smallest absolute Gasteiger partial charge is 0.259 e. The van der Waals surface area contributed by atoms with Crippen LogP contribution in [0.1, 0.15) is 21.6 Å². The third-order valence-electron chi connectivity index (χ3n) is 6.08. The van der Waals surface area contributed by atoms with Crippen LogP contribution in [-0.2, 0) is 0 Å². The number of anilines is 1. The molecule has 5 aromatic rings. The maximum atomic E-state index is 13.4. The fourth-order valence-electron chi connectivity index (χ4n) is 4.18. The standard InChI is InChI=1S/C29H25N3O/c1-20-12-14-27-23(18-20)13-15-28(30-27)22-8-7-11-25(19-22)31(3)29(33)26-16-17-32(21(26)2)24-9-5-4-6-10-24/h4-19H,1-3H3. The van der Waals surface area contributed by atoms with Gasteiger partial charge in [0.05, 0.1) is 16.8 Å². The summed E-state index contributed by atoms with van der Waals surface area (Å²) in [6, 6.07) is 30.3. The Labute approximate surface area is 193 Å². The quantitative estimate of drug-likeness (QED) is 0.322. The molecule has 0 spiro atoms. The van der Waals surface area contributed by atoms with E-state index in [9.17, 15) is 4.79 Å². The first-order valence-corrected chi connectivity index (χ1v) is 11.0. The Balaban J connectivity index is 1.45. The van der Waals surface area contributed by atoms with Crippen molar-refractivity contribution in [1.29, 1.82) is 0 Å². The number of benzene rings is 3. The van der Waals surface area contributed by atoms with Gasteiger partial charge in [-0.25, -0.2) is 4.98 Å². The van der Waals surface area contributed by atoms with Crippen LogP contribution in [0.15, 0.2) is 97.2 Å². The number of hydrogen-bond donors (Lipinski definition) is 0. The Morgan fingerprint density at radius 2 is 1.67 bits per heavy atom. The predicted octanol–water partition coefficient (Wildman–Crippen LogP) is 6.59. The van der Waals surface area contributed by atoms with Crippen LogP contribution in [0, 0.1) is 13.8 Å². The van der Waals surface area contributed by atoms with Gasteiger partial charge in [-0.3, -0.25) is 4.79 Å². The molecule has 1 amide bonds. The SMILES string of the molecule is Cc1ccc2nc(-c3cccc(N(C)C(=O)c4ccn(-c5ccccc5)c4C)c3)ccc2c1. The lowest BCUT2D eigenvalue weighted by Gasteiger charge is -2.18. The van der Waals surface area contributed by atoms with E-state index in [4.69, 9.17) is 4.98 Å². The molecule has 0 aliphatic rings. The Morgan fingerprint density at radius 3 is 2.48 bits per heavy atom. The Kier molecular flexibility index (Phi) is 5.27. The molecule has 0 radical (unpaired) electrons. The molecular weight excluding hydrogens is 406 g/mol. The van der Waals surface area contributed by atoms with Crippen LogP contribution < -0.4 is 4.90 Å². The van der Waals surface area contributed by atoms with Crippen LogP contribution in [0.2, 0.25) is 0 Å². The van der Waals surface area contributed by atoms with E-state index in [-0.39, 0.29) is 5.91 Å². The van der Waals surface area contributed by atoms with Crippen molar-refractivity contribution in [2.45, 2.75) is 13.8 Å². The monoisotopic (exact) mass is 431 g/mol. The van der Waals surface area contributed by atoms with E-state index in [1.54, 1.807) is 4.90 Å². The highest BCUT2D eigenvalue weighted by molar-refractivity contribution is 6.07. The molecule has 0 N–H and O–H groups in total. The van der Waals surface area contributed by atoms with E-state index in [1.807, 2.05) is 97.5 Å². The number of aryl methyl sites for hydroxylation is 1. The maximum absolute atomic E-state index is 13.4. The Morgan fingerprint density at radius 1 is 0.848 bits per heavy atom. The molecule has 33 heavy (non-hydrogen) atoms. The van der Waals surface area contributed by atoms with Crippen molar-refractivity contribution >= 4 is 22.5 Å². The molecule has 0 aliphatic heterocycles. The zero-order valence-corrected chi connectivity index (χ0v) is 19.0. The summed E-state index contributed by atoms with van der Waals surface area (Å²) in [6.45, 7) is 4.06. The number of carbonyl (C=O) groups excluding carboxylic acids is 1. The summed E-state index contributed by atoms with van der Waals surface area (Å²) in [7, 11) is 1.82. The minimum atomic E-state index is -0.0405. The van der Waals surface area contributed by atoms with Crippen LogP contribution in [-0.4, -0.2) is 22.5 Å². The minimum absolute atomic E-state index is 0.0405. The number of aromatic nitrogens is 2. The van der Waals surface area contributed by atoms with Crippen molar-refractivity contribution in [3.05, 3.63) is 114 Å². The summed E-state index contributed by atoms with van der Waals surface area (Å²) >= 11 is 0. The summed E-state index contributed by atoms with van der Waals surface area (Å²) in [4.78, 5) is 19.9. The van der Waals surface area contributed by atoms with Gasteiger partial charge in [0.2, 0.25) is 0 Å². The number of rotatable bonds is 4. The second-order valence-corrected chi connectivity index (χ2v) is 8.33. The summed E-state index contributed by atoms with van der Waals surface area (Å²) in [5.41, 5.74) is 7.52. The maximum Gasteiger partial charge on any atom is 0.259 e. The molecule has 0 saturated carbocycles. The highest BCUT2D eigenvalue weighted by Gasteiger charge is 2.19. The van der Waals surface area contributed by atoms with Crippen LogP contribution in [0.25, 0.3) is 27.8 Å². The average molecular weight is 432 g/mol. The van der Waals surface area contributed by atoms with Crippen LogP contribution in [0.3, 0.4) is 0 Å². The summed E-state index contributed by atoms with van der Waals surface area (Å²) in [5, 5.41) is 1.13. The fourth-order valence-corrected chi connectivity index (χ4v) is 4.18. The number of amides is 1. The molecule has 4 nitrogen and oxygen atoms in total. The van der Waals surface area contributed by atoms with Crippen molar-refractivity contribution in [2.24, 2.45) is 0 Å². The van der Waals surface area contributed by atoms with Crippen LogP contribution in [0.4, 0.5) is 5.69 Å². The fraction of sp³-hybridized carbons (Fsp3) is 0.103. The molecule has 0 atom stereocenters. The number of nitrogens with zero attached hydrogens (tertiary/aromatic N) is 3. The highest BCUT2D eigenvalue weighted by atomic mass is 16.2. The first kappa shape index (κ1) is 20.7. The lowest BCUT2D eigenvalue weighted by molar-refractivity contribution is 0.0992. The first-order valence-electron chi connectivity index (χ1n) is 11.0. The van der Waals surface area contributed by atoms with E-state index in [0.717, 1.165) is 39.2 Å². The van der Waals surface area contributed by atoms with Gasteiger partial charge in [0.25, 0.3) is 5.91 Å². The van der Waals surface area contributed by atoms with Crippen molar-refractivity contribution in [1.82, 2.24) is 9.55 Å². The Hall–Kier alpha value is -4.18. The van der Waals surface area contributed by atoms with Crippen molar-refractivity contribution in [3.8, 4) is 16.9 Å². The van der Waals surface area contributed by atoms with Crippen LogP contribution in [0.5, 0.6) is 0 Å².